The quantitative estimate of drug-likeness (QED) is 0.755. The number of anilines is 1. The molecule has 2 rings (SSSR count). The molecule has 1 aliphatic heterocycles. The second-order valence-electron chi connectivity index (χ2n) is 3.60. The van der Waals surface area contributed by atoms with Crippen molar-refractivity contribution in [1.82, 2.24) is 5.14 Å². The molecule has 0 saturated carbocycles. The first-order valence-corrected chi connectivity index (χ1v) is 6.48. The van der Waals surface area contributed by atoms with E-state index in [1.165, 1.54) is 12.1 Å². The number of ether oxygens (including phenoxy) is 1. The molecule has 1 heterocycles. The van der Waals surface area contributed by atoms with Gasteiger partial charge in [0, 0.05) is 18.8 Å². The normalized spacial score (nSPS) is 17.4. The van der Waals surface area contributed by atoms with Crippen LogP contribution in [0.15, 0.2) is 29.2 Å². The van der Waals surface area contributed by atoms with E-state index in [1.54, 1.807) is 12.1 Å². The van der Waals surface area contributed by atoms with Crippen molar-refractivity contribution in [3.63, 3.8) is 0 Å². The Bertz CT molecular complexity index is 449. The smallest absolute Gasteiger partial charge is 0.254 e. The maximum atomic E-state index is 11.0. The molecular formula is C10H13N2O3S. The summed E-state index contributed by atoms with van der Waals surface area (Å²) in [5, 5.41) is 6.93. The summed E-state index contributed by atoms with van der Waals surface area (Å²) < 4.78 is 27.1. The number of sulfonamides is 1. The summed E-state index contributed by atoms with van der Waals surface area (Å²) in [6.07, 6.45) is 0. The van der Waals surface area contributed by atoms with Gasteiger partial charge in [0.2, 0.25) is 0 Å². The van der Waals surface area contributed by atoms with E-state index in [9.17, 15) is 8.42 Å². The first-order chi connectivity index (χ1) is 7.57. The summed E-state index contributed by atoms with van der Waals surface area (Å²) in [7, 11) is -3.84. The van der Waals surface area contributed by atoms with Gasteiger partial charge in [-0.3, -0.25) is 0 Å². The van der Waals surface area contributed by atoms with Crippen LogP contribution in [0.1, 0.15) is 0 Å². The van der Waals surface area contributed by atoms with Crippen molar-refractivity contribution < 1.29 is 13.2 Å². The van der Waals surface area contributed by atoms with Crippen LogP contribution < -0.4 is 10.0 Å². The predicted molar refractivity (Wildman–Crippen MR) is 59.8 cm³/mol. The fourth-order valence-corrected chi connectivity index (χ4v) is 2.15. The van der Waals surface area contributed by atoms with Crippen LogP contribution in [0, 0.1) is 0 Å². The summed E-state index contributed by atoms with van der Waals surface area (Å²) >= 11 is 0. The van der Waals surface area contributed by atoms with Gasteiger partial charge in [0.15, 0.2) is 0 Å². The molecule has 0 aliphatic carbocycles. The Labute approximate surface area is 94.9 Å². The minimum atomic E-state index is -3.84. The Morgan fingerprint density at radius 3 is 2.19 bits per heavy atom. The molecule has 0 unspecified atom stereocenters. The van der Waals surface area contributed by atoms with Gasteiger partial charge >= 0.3 is 0 Å². The Morgan fingerprint density at radius 2 is 1.69 bits per heavy atom. The van der Waals surface area contributed by atoms with Crippen molar-refractivity contribution in [3.05, 3.63) is 24.3 Å². The molecule has 1 radical (unpaired) electrons. The highest BCUT2D eigenvalue weighted by molar-refractivity contribution is 7.88. The molecule has 1 saturated heterocycles. The molecule has 1 aromatic rings. The highest BCUT2D eigenvalue weighted by Gasteiger charge is 2.13. The summed E-state index contributed by atoms with van der Waals surface area (Å²) in [5.41, 5.74) is 0.968. The first-order valence-electron chi connectivity index (χ1n) is 5.00. The van der Waals surface area contributed by atoms with Crippen LogP contribution in [0.3, 0.4) is 0 Å². The predicted octanol–water partition coefficient (Wildman–Crippen LogP) is 0.495. The Morgan fingerprint density at radius 1 is 1.12 bits per heavy atom. The second-order valence-corrected chi connectivity index (χ2v) is 5.08. The average Bonchev–Trinajstić information content (AvgIpc) is 2.29. The molecule has 0 spiro atoms. The van der Waals surface area contributed by atoms with E-state index >= 15 is 0 Å². The van der Waals surface area contributed by atoms with E-state index in [-0.39, 0.29) is 4.90 Å². The minimum Gasteiger partial charge on any atom is -0.378 e. The summed E-state index contributed by atoms with van der Waals surface area (Å²) in [5.74, 6) is 0. The van der Waals surface area contributed by atoms with Crippen molar-refractivity contribution in [2.24, 2.45) is 0 Å². The van der Waals surface area contributed by atoms with Crippen molar-refractivity contribution in [1.29, 1.82) is 0 Å². The molecule has 1 aromatic carbocycles. The minimum absolute atomic E-state index is 0.0320. The van der Waals surface area contributed by atoms with Crippen LogP contribution in [0.2, 0.25) is 0 Å². The van der Waals surface area contributed by atoms with Gasteiger partial charge in [-0.1, -0.05) is 0 Å². The van der Waals surface area contributed by atoms with Crippen LogP contribution in [0.5, 0.6) is 0 Å². The zero-order valence-corrected chi connectivity index (χ0v) is 9.53. The molecule has 6 heteroatoms. The van der Waals surface area contributed by atoms with Crippen LogP contribution in [0.25, 0.3) is 0 Å². The lowest BCUT2D eigenvalue weighted by atomic mass is 10.2. The number of nitrogens with zero attached hydrogens (tertiary/aromatic N) is 1. The largest absolute Gasteiger partial charge is 0.378 e. The number of nitrogens with one attached hydrogen (secondary N) is 1. The van der Waals surface area contributed by atoms with E-state index in [4.69, 9.17) is 9.88 Å². The van der Waals surface area contributed by atoms with Crippen molar-refractivity contribution in [2.75, 3.05) is 31.2 Å². The Kier molecular flexibility index (Phi) is 3.13. The number of hydrogen-bond acceptors (Lipinski definition) is 4. The third-order valence-corrected chi connectivity index (χ3v) is 3.42. The van der Waals surface area contributed by atoms with Crippen LogP contribution in [-0.2, 0) is 14.8 Å². The third-order valence-electron chi connectivity index (χ3n) is 2.52. The van der Waals surface area contributed by atoms with Gasteiger partial charge in [0.05, 0.1) is 18.1 Å². The summed E-state index contributed by atoms with van der Waals surface area (Å²) in [6, 6.07) is 6.39. The lowest BCUT2D eigenvalue weighted by Gasteiger charge is -2.28. The van der Waals surface area contributed by atoms with E-state index in [0.717, 1.165) is 18.8 Å². The number of rotatable bonds is 2. The molecule has 0 aromatic heterocycles. The van der Waals surface area contributed by atoms with Gasteiger partial charge in [-0.25, -0.2) is 8.42 Å². The first kappa shape index (κ1) is 11.4. The molecule has 0 amide bonds. The van der Waals surface area contributed by atoms with E-state index in [1.807, 2.05) is 0 Å². The van der Waals surface area contributed by atoms with Crippen molar-refractivity contribution in [3.8, 4) is 0 Å². The maximum Gasteiger partial charge on any atom is 0.254 e. The van der Waals surface area contributed by atoms with Crippen molar-refractivity contribution >= 4 is 15.7 Å². The fourth-order valence-electron chi connectivity index (χ4n) is 1.66. The monoisotopic (exact) mass is 241 g/mol. The Balaban J connectivity index is 2.18. The van der Waals surface area contributed by atoms with E-state index in [0.29, 0.717) is 13.2 Å². The van der Waals surface area contributed by atoms with Crippen LogP contribution >= 0.6 is 0 Å². The lowest BCUT2D eigenvalue weighted by Crippen LogP contribution is -2.36. The SMILES string of the molecule is [NH]S(=O)(=O)c1ccc(N2CCOCC2)cc1. The maximum absolute atomic E-state index is 11.0. The summed E-state index contributed by atoms with van der Waals surface area (Å²) in [4.78, 5) is 2.16. The molecule has 0 atom stereocenters. The zero-order chi connectivity index (χ0) is 11.6. The number of morpholine rings is 1. The van der Waals surface area contributed by atoms with Gasteiger partial charge in [0.25, 0.3) is 10.0 Å². The van der Waals surface area contributed by atoms with Crippen molar-refractivity contribution in [2.45, 2.75) is 4.90 Å². The fraction of sp³-hybridized carbons (Fsp3) is 0.400. The standard InChI is InChI=1S/C10H13N2O3S/c11-16(13,14)10-3-1-9(2-4-10)12-5-7-15-8-6-12/h1-4,11H,5-8H2. The third kappa shape index (κ3) is 2.52. The topological polar surface area (TPSA) is 70.4 Å². The van der Waals surface area contributed by atoms with Gasteiger partial charge in [-0.05, 0) is 24.3 Å². The summed E-state index contributed by atoms with van der Waals surface area (Å²) in [6.45, 7) is 3.01. The Hall–Kier alpha value is -1.11. The molecule has 1 fully saturated rings. The van der Waals surface area contributed by atoms with Crippen LogP contribution in [-0.4, -0.2) is 34.7 Å². The molecule has 1 aliphatic rings. The van der Waals surface area contributed by atoms with E-state index in [2.05, 4.69) is 4.90 Å². The zero-order valence-electron chi connectivity index (χ0n) is 8.72. The molecule has 5 nitrogen and oxygen atoms in total. The average molecular weight is 241 g/mol. The van der Waals surface area contributed by atoms with Gasteiger partial charge in [-0.15, -0.1) is 5.14 Å². The number of hydrogen-bond donors (Lipinski definition) is 0. The van der Waals surface area contributed by atoms with Crippen LogP contribution in [0.4, 0.5) is 5.69 Å². The highest BCUT2D eigenvalue weighted by Crippen LogP contribution is 2.18. The molecule has 1 N–H and O–H groups in total. The molecular weight excluding hydrogens is 228 g/mol. The highest BCUT2D eigenvalue weighted by atomic mass is 32.2. The molecule has 87 valence electrons. The van der Waals surface area contributed by atoms with Gasteiger partial charge in [-0.2, -0.15) is 0 Å². The lowest BCUT2D eigenvalue weighted by molar-refractivity contribution is 0.122. The molecule has 16 heavy (non-hydrogen) atoms. The van der Waals surface area contributed by atoms with E-state index < -0.39 is 10.0 Å². The number of benzene rings is 1. The second kappa shape index (κ2) is 4.40. The van der Waals surface area contributed by atoms with Gasteiger partial charge in [0.1, 0.15) is 0 Å². The van der Waals surface area contributed by atoms with Gasteiger partial charge < -0.3 is 9.64 Å². The molecule has 0 bridgehead atoms.